The van der Waals surface area contributed by atoms with E-state index in [1.54, 1.807) is 31.2 Å². The van der Waals surface area contributed by atoms with Crippen LogP contribution in [0.5, 0.6) is 0 Å². The SMILES string of the molecule is COCCN1C[C@H](NC(=O)c2cnn(C)c2)[C@H]2OCCC[C@H]21. The van der Waals surface area contributed by atoms with Crippen molar-refractivity contribution in [2.45, 2.75) is 31.0 Å². The number of aryl methyl sites for hydroxylation is 1. The van der Waals surface area contributed by atoms with E-state index in [4.69, 9.17) is 9.47 Å². The summed E-state index contributed by atoms with van der Waals surface area (Å²) in [6.45, 7) is 3.16. The summed E-state index contributed by atoms with van der Waals surface area (Å²) in [5, 5.41) is 7.16. The summed E-state index contributed by atoms with van der Waals surface area (Å²) in [4.78, 5) is 14.7. The van der Waals surface area contributed by atoms with Crippen LogP contribution in [0.1, 0.15) is 23.2 Å². The lowest BCUT2D eigenvalue weighted by Crippen LogP contribution is -2.47. The minimum atomic E-state index is -0.0837. The van der Waals surface area contributed by atoms with Crippen LogP contribution in [0.4, 0.5) is 0 Å². The Labute approximate surface area is 130 Å². The maximum atomic E-state index is 12.3. The summed E-state index contributed by atoms with van der Waals surface area (Å²) >= 11 is 0. The molecule has 3 heterocycles. The summed E-state index contributed by atoms with van der Waals surface area (Å²) < 4.78 is 12.8. The fourth-order valence-electron chi connectivity index (χ4n) is 3.44. The third-order valence-corrected chi connectivity index (χ3v) is 4.50. The molecule has 0 saturated carbocycles. The Morgan fingerprint density at radius 2 is 2.45 bits per heavy atom. The summed E-state index contributed by atoms with van der Waals surface area (Å²) in [5.41, 5.74) is 0.588. The van der Waals surface area contributed by atoms with E-state index in [1.165, 1.54) is 0 Å². The second-order valence-corrected chi connectivity index (χ2v) is 6.02. The molecule has 1 amide bonds. The highest BCUT2D eigenvalue weighted by molar-refractivity contribution is 5.93. The van der Waals surface area contributed by atoms with Gasteiger partial charge < -0.3 is 14.8 Å². The first kappa shape index (κ1) is 15.5. The smallest absolute Gasteiger partial charge is 0.254 e. The average molecular weight is 308 g/mol. The molecule has 7 heteroatoms. The standard InChI is InChI=1S/C15H24N4O3/c1-18-9-11(8-16-18)15(20)17-12-10-19(5-7-21-2)13-4-3-6-22-14(12)13/h8-9,12-14H,3-7,10H2,1-2H3,(H,17,20)/t12-,13+,14+/m0/s1. The van der Waals surface area contributed by atoms with Gasteiger partial charge in [0, 0.05) is 46.1 Å². The molecular weight excluding hydrogens is 284 g/mol. The quantitative estimate of drug-likeness (QED) is 0.831. The highest BCUT2D eigenvalue weighted by Crippen LogP contribution is 2.28. The van der Waals surface area contributed by atoms with Crippen molar-refractivity contribution in [2.75, 3.05) is 33.4 Å². The van der Waals surface area contributed by atoms with E-state index in [9.17, 15) is 4.79 Å². The van der Waals surface area contributed by atoms with Crippen LogP contribution < -0.4 is 5.32 Å². The van der Waals surface area contributed by atoms with Crippen LogP contribution in [0, 0.1) is 0 Å². The van der Waals surface area contributed by atoms with Crippen molar-refractivity contribution in [2.24, 2.45) is 7.05 Å². The maximum Gasteiger partial charge on any atom is 0.254 e. The zero-order valence-electron chi connectivity index (χ0n) is 13.2. The molecule has 22 heavy (non-hydrogen) atoms. The lowest BCUT2D eigenvalue weighted by molar-refractivity contribution is -0.0224. The van der Waals surface area contributed by atoms with Gasteiger partial charge in [0.2, 0.25) is 0 Å². The highest BCUT2D eigenvalue weighted by Gasteiger charge is 2.44. The fourth-order valence-corrected chi connectivity index (χ4v) is 3.44. The van der Waals surface area contributed by atoms with Crippen molar-refractivity contribution in [1.82, 2.24) is 20.0 Å². The molecule has 1 N–H and O–H groups in total. The second kappa shape index (κ2) is 6.76. The number of methoxy groups -OCH3 is 1. The number of fused-ring (bicyclic) bond motifs is 1. The molecule has 122 valence electrons. The monoisotopic (exact) mass is 308 g/mol. The summed E-state index contributed by atoms with van der Waals surface area (Å²) in [5.74, 6) is -0.0837. The van der Waals surface area contributed by atoms with Gasteiger partial charge in [-0.15, -0.1) is 0 Å². The van der Waals surface area contributed by atoms with Gasteiger partial charge in [-0.25, -0.2) is 0 Å². The third kappa shape index (κ3) is 3.16. The van der Waals surface area contributed by atoms with Crippen molar-refractivity contribution in [1.29, 1.82) is 0 Å². The molecule has 2 aliphatic heterocycles. The van der Waals surface area contributed by atoms with Crippen LogP contribution in [0.15, 0.2) is 12.4 Å². The van der Waals surface area contributed by atoms with Crippen LogP contribution in [0.3, 0.4) is 0 Å². The van der Waals surface area contributed by atoms with Gasteiger partial charge >= 0.3 is 0 Å². The largest absolute Gasteiger partial charge is 0.383 e. The van der Waals surface area contributed by atoms with Crippen LogP contribution in [0.2, 0.25) is 0 Å². The molecule has 3 rings (SSSR count). The molecule has 2 saturated heterocycles. The van der Waals surface area contributed by atoms with E-state index >= 15 is 0 Å². The van der Waals surface area contributed by atoms with Crippen LogP contribution in [-0.2, 0) is 16.5 Å². The molecule has 0 bridgehead atoms. The average Bonchev–Trinajstić information content (AvgIpc) is 3.10. The number of nitrogens with one attached hydrogen (secondary N) is 1. The van der Waals surface area contributed by atoms with Gasteiger partial charge in [-0.1, -0.05) is 0 Å². The fraction of sp³-hybridized carbons (Fsp3) is 0.733. The minimum Gasteiger partial charge on any atom is -0.383 e. The first-order valence-electron chi connectivity index (χ1n) is 7.83. The number of nitrogens with zero attached hydrogens (tertiary/aromatic N) is 3. The molecule has 1 aromatic rings. The Balaban J connectivity index is 1.66. The molecule has 7 nitrogen and oxygen atoms in total. The van der Waals surface area contributed by atoms with Crippen LogP contribution in [0.25, 0.3) is 0 Å². The maximum absolute atomic E-state index is 12.3. The van der Waals surface area contributed by atoms with Crippen LogP contribution in [-0.4, -0.2) is 72.2 Å². The van der Waals surface area contributed by atoms with Gasteiger partial charge in [0.1, 0.15) is 0 Å². The molecule has 0 aliphatic carbocycles. The Morgan fingerprint density at radius 1 is 1.59 bits per heavy atom. The first-order valence-corrected chi connectivity index (χ1v) is 7.83. The first-order chi connectivity index (χ1) is 10.7. The van der Waals surface area contributed by atoms with Gasteiger partial charge in [0.15, 0.2) is 0 Å². The van der Waals surface area contributed by atoms with E-state index in [2.05, 4.69) is 15.3 Å². The molecule has 2 aliphatic rings. The van der Waals surface area contributed by atoms with Crippen molar-refractivity contribution in [3.05, 3.63) is 18.0 Å². The number of hydrogen-bond donors (Lipinski definition) is 1. The van der Waals surface area contributed by atoms with E-state index in [-0.39, 0.29) is 18.1 Å². The predicted molar refractivity (Wildman–Crippen MR) is 80.7 cm³/mol. The predicted octanol–water partition coefficient (Wildman–Crippen LogP) is 0.0281. The van der Waals surface area contributed by atoms with Crippen LogP contribution >= 0.6 is 0 Å². The van der Waals surface area contributed by atoms with E-state index in [0.717, 1.165) is 32.5 Å². The van der Waals surface area contributed by atoms with E-state index in [0.29, 0.717) is 18.2 Å². The summed E-state index contributed by atoms with van der Waals surface area (Å²) in [6.07, 6.45) is 5.59. The normalized spacial score (nSPS) is 28.5. The van der Waals surface area contributed by atoms with Gasteiger partial charge in [0.25, 0.3) is 5.91 Å². The minimum absolute atomic E-state index is 0.0230. The van der Waals surface area contributed by atoms with Crippen molar-refractivity contribution >= 4 is 5.91 Å². The van der Waals surface area contributed by atoms with E-state index in [1.807, 2.05) is 0 Å². The molecule has 0 unspecified atom stereocenters. The van der Waals surface area contributed by atoms with Gasteiger partial charge in [-0.05, 0) is 12.8 Å². The van der Waals surface area contributed by atoms with Gasteiger partial charge in [0.05, 0.1) is 30.5 Å². The molecular formula is C15H24N4O3. The Morgan fingerprint density at radius 3 is 3.18 bits per heavy atom. The van der Waals surface area contributed by atoms with Crippen molar-refractivity contribution < 1.29 is 14.3 Å². The number of carbonyl (C=O) groups excluding carboxylic acids is 1. The molecule has 3 atom stereocenters. The van der Waals surface area contributed by atoms with Gasteiger partial charge in [-0.2, -0.15) is 5.10 Å². The van der Waals surface area contributed by atoms with Gasteiger partial charge in [-0.3, -0.25) is 14.4 Å². The second-order valence-electron chi connectivity index (χ2n) is 6.02. The summed E-state index contributed by atoms with van der Waals surface area (Å²) in [6, 6.07) is 0.401. The molecule has 2 fully saturated rings. The number of aromatic nitrogens is 2. The Hall–Kier alpha value is -1.44. The number of ether oxygens (including phenoxy) is 2. The number of amides is 1. The number of rotatable bonds is 5. The number of likely N-dealkylation sites (tertiary alicyclic amines) is 1. The van der Waals surface area contributed by atoms with Crippen molar-refractivity contribution in [3.63, 3.8) is 0 Å². The zero-order chi connectivity index (χ0) is 15.5. The Kier molecular flexibility index (Phi) is 4.75. The Bertz CT molecular complexity index is 519. The topological polar surface area (TPSA) is 68.6 Å². The molecule has 0 aromatic carbocycles. The molecule has 0 spiro atoms. The highest BCUT2D eigenvalue weighted by atomic mass is 16.5. The number of carbonyl (C=O) groups is 1. The third-order valence-electron chi connectivity index (χ3n) is 4.50. The molecule has 0 radical (unpaired) electrons. The lowest BCUT2D eigenvalue weighted by Gasteiger charge is -2.32. The zero-order valence-corrected chi connectivity index (χ0v) is 13.2. The van der Waals surface area contributed by atoms with E-state index < -0.39 is 0 Å². The lowest BCUT2D eigenvalue weighted by atomic mass is 10.0. The molecule has 1 aromatic heterocycles. The van der Waals surface area contributed by atoms with Crippen molar-refractivity contribution in [3.8, 4) is 0 Å². The summed E-state index contributed by atoms with van der Waals surface area (Å²) in [7, 11) is 3.52. The number of hydrogen-bond acceptors (Lipinski definition) is 5.